The van der Waals surface area contributed by atoms with E-state index in [-0.39, 0.29) is 5.88 Å². The van der Waals surface area contributed by atoms with Gasteiger partial charge >= 0.3 is 0 Å². The number of nitrogens with zero attached hydrogens (tertiary/aromatic N) is 2. The van der Waals surface area contributed by atoms with E-state index < -0.39 is 5.41 Å². The van der Waals surface area contributed by atoms with Gasteiger partial charge in [0.15, 0.2) is 0 Å². The fraction of sp³-hybridized carbons (Fsp3) is 0.333. The molecule has 60 valence electrons. The third-order valence-electron chi connectivity index (χ3n) is 1.82. The Hall–Kier alpha value is -1.25. The van der Waals surface area contributed by atoms with Crippen molar-refractivity contribution >= 4 is 11.6 Å². The topological polar surface area (TPSA) is 47.6 Å². The summed E-state index contributed by atoms with van der Waals surface area (Å²) in [5.74, 6) is 0.235. The molecule has 3 heteroatoms. The summed E-state index contributed by atoms with van der Waals surface area (Å²) in [5.41, 5.74) is -0.0545. The van der Waals surface area contributed by atoms with Crippen molar-refractivity contribution in [3.8, 4) is 12.1 Å². The van der Waals surface area contributed by atoms with Gasteiger partial charge in [0.05, 0.1) is 17.6 Å². The predicted octanol–water partition coefficient (Wildman–Crippen LogP) is 2.15. The monoisotopic (exact) mass is 178 g/mol. The molecule has 1 unspecified atom stereocenters. The van der Waals surface area contributed by atoms with Crippen molar-refractivity contribution < 1.29 is 0 Å². The van der Waals surface area contributed by atoms with Crippen molar-refractivity contribution in [2.45, 2.75) is 6.42 Å². The number of hydrogen-bond donors (Lipinski definition) is 0. The van der Waals surface area contributed by atoms with Gasteiger partial charge in [-0.1, -0.05) is 12.2 Å². The van der Waals surface area contributed by atoms with Gasteiger partial charge in [-0.15, -0.1) is 11.6 Å². The van der Waals surface area contributed by atoms with Crippen LogP contribution in [0.4, 0.5) is 0 Å². The lowest BCUT2D eigenvalue weighted by Gasteiger charge is -2.21. The Labute approximate surface area is 76.4 Å². The molecule has 1 rings (SSSR count). The molecule has 12 heavy (non-hydrogen) atoms. The molecular weight excluding hydrogens is 172 g/mol. The van der Waals surface area contributed by atoms with Crippen molar-refractivity contribution in [2.75, 3.05) is 5.88 Å². The molecule has 0 amide bonds. The normalized spacial score (nSPS) is 27.1. The quantitative estimate of drug-likeness (QED) is 0.578. The Balaban J connectivity index is 2.92. The smallest absolute Gasteiger partial charge is 0.0947 e. The molecule has 0 saturated heterocycles. The van der Waals surface area contributed by atoms with E-state index in [2.05, 4.69) is 6.07 Å². The van der Waals surface area contributed by atoms with Gasteiger partial charge in [0.1, 0.15) is 0 Å². The first-order chi connectivity index (χ1) is 5.76. The minimum absolute atomic E-state index is 0.235. The highest BCUT2D eigenvalue weighted by molar-refractivity contribution is 6.18. The van der Waals surface area contributed by atoms with Gasteiger partial charge in [-0.2, -0.15) is 10.5 Å². The number of alkyl halides is 1. The van der Waals surface area contributed by atoms with Gasteiger partial charge in [-0.05, 0) is 6.08 Å². The Kier molecular flexibility index (Phi) is 2.53. The fourth-order valence-corrected chi connectivity index (χ4v) is 1.32. The lowest BCUT2D eigenvalue weighted by molar-refractivity contribution is 0.570. The van der Waals surface area contributed by atoms with Crippen LogP contribution in [-0.4, -0.2) is 5.88 Å². The number of hydrogen-bond acceptors (Lipinski definition) is 2. The van der Waals surface area contributed by atoms with Crippen LogP contribution in [0.1, 0.15) is 6.42 Å². The molecule has 0 aromatic carbocycles. The Bertz CT molecular complexity index is 316. The summed E-state index contributed by atoms with van der Waals surface area (Å²) in [4.78, 5) is 0. The van der Waals surface area contributed by atoms with E-state index in [9.17, 15) is 0 Å². The third-order valence-corrected chi connectivity index (χ3v) is 2.30. The largest absolute Gasteiger partial charge is 0.197 e. The molecule has 0 fully saturated rings. The van der Waals surface area contributed by atoms with E-state index >= 15 is 0 Å². The molecule has 0 aliphatic heterocycles. The Morgan fingerprint density at radius 2 is 2.33 bits per heavy atom. The van der Waals surface area contributed by atoms with Crippen molar-refractivity contribution in [1.29, 1.82) is 10.5 Å². The van der Waals surface area contributed by atoms with Crippen LogP contribution in [0.2, 0.25) is 0 Å². The van der Waals surface area contributed by atoms with Gasteiger partial charge in [0.25, 0.3) is 0 Å². The first-order valence-electron chi connectivity index (χ1n) is 3.52. The minimum Gasteiger partial charge on any atom is -0.197 e. The average molecular weight is 179 g/mol. The summed E-state index contributed by atoms with van der Waals surface area (Å²) < 4.78 is 0. The van der Waals surface area contributed by atoms with Crippen LogP contribution >= 0.6 is 11.6 Å². The first kappa shape index (κ1) is 8.84. The highest BCUT2D eigenvalue weighted by Gasteiger charge is 2.28. The molecule has 0 aromatic rings. The molecule has 0 N–H and O–H groups in total. The average Bonchev–Trinajstić information content (AvgIpc) is 2.18. The Morgan fingerprint density at radius 1 is 1.58 bits per heavy atom. The van der Waals surface area contributed by atoms with E-state index in [4.69, 9.17) is 22.1 Å². The summed E-state index contributed by atoms with van der Waals surface area (Å²) in [6.07, 6.45) is 5.61. The second-order valence-electron chi connectivity index (χ2n) is 2.74. The molecule has 0 spiro atoms. The fourth-order valence-electron chi connectivity index (χ4n) is 1.08. The SMILES string of the molecule is N#CC1=CC=CC(C#N)(CCl)C1. The van der Waals surface area contributed by atoms with Crippen molar-refractivity contribution in [1.82, 2.24) is 0 Å². The zero-order valence-electron chi connectivity index (χ0n) is 6.42. The van der Waals surface area contributed by atoms with E-state index in [1.54, 1.807) is 18.2 Å². The molecule has 0 saturated carbocycles. The molecule has 0 heterocycles. The van der Waals surface area contributed by atoms with Crippen LogP contribution in [0.3, 0.4) is 0 Å². The first-order valence-corrected chi connectivity index (χ1v) is 4.05. The minimum atomic E-state index is -0.665. The van der Waals surface area contributed by atoms with Gasteiger partial charge < -0.3 is 0 Å². The lowest BCUT2D eigenvalue weighted by atomic mass is 9.82. The van der Waals surface area contributed by atoms with Crippen LogP contribution in [0.25, 0.3) is 0 Å². The second-order valence-corrected chi connectivity index (χ2v) is 3.01. The summed E-state index contributed by atoms with van der Waals surface area (Å²) in [6, 6.07) is 4.15. The molecule has 0 radical (unpaired) electrons. The summed E-state index contributed by atoms with van der Waals surface area (Å²) in [5, 5.41) is 17.4. The van der Waals surface area contributed by atoms with Crippen LogP contribution in [-0.2, 0) is 0 Å². The van der Waals surface area contributed by atoms with Gasteiger partial charge in [0, 0.05) is 17.9 Å². The molecule has 1 atom stereocenters. The van der Waals surface area contributed by atoms with E-state index in [1.807, 2.05) is 6.07 Å². The zero-order valence-corrected chi connectivity index (χ0v) is 7.17. The van der Waals surface area contributed by atoms with E-state index in [0.29, 0.717) is 12.0 Å². The Morgan fingerprint density at radius 3 is 2.83 bits per heavy atom. The number of allylic oxidation sites excluding steroid dienone is 4. The van der Waals surface area contributed by atoms with Crippen LogP contribution in [0.5, 0.6) is 0 Å². The molecule has 0 bridgehead atoms. The number of nitriles is 2. The lowest BCUT2D eigenvalue weighted by Crippen LogP contribution is -2.20. The summed E-state index contributed by atoms with van der Waals surface area (Å²) >= 11 is 5.65. The van der Waals surface area contributed by atoms with Crippen molar-refractivity contribution in [3.63, 3.8) is 0 Å². The highest BCUT2D eigenvalue weighted by Crippen LogP contribution is 2.31. The molecule has 0 aromatic heterocycles. The van der Waals surface area contributed by atoms with Crippen molar-refractivity contribution in [2.24, 2.45) is 5.41 Å². The van der Waals surface area contributed by atoms with Crippen LogP contribution < -0.4 is 0 Å². The summed E-state index contributed by atoms with van der Waals surface area (Å²) in [7, 11) is 0. The van der Waals surface area contributed by atoms with Gasteiger partial charge in [0.2, 0.25) is 0 Å². The van der Waals surface area contributed by atoms with Gasteiger partial charge in [-0.3, -0.25) is 0 Å². The second kappa shape index (κ2) is 3.43. The standard InChI is InChI=1S/C9H7ClN2/c10-6-9(7-12)3-1-2-8(4-9)5-11/h1-3H,4,6H2. The maximum Gasteiger partial charge on any atom is 0.0947 e. The van der Waals surface area contributed by atoms with Crippen LogP contribution in [0.15, 0.2) is 23.8 Å². The highest BCUT2D eigenvalue weighted by atomic mass is 35.5. The number of halogens is 1. The van der Waals surface area contributed by atoms with Crippen LogP contribution in [0, 0.1) is 28.1 Å². The molecule has 1 aliphatic carbocycles. The maximum absolute atomic E-state index is 8.83. The van der Waals surface area contributed by atoms with Crippen molar-refractivity contribution in [3.05, 3.63) is 23.8 Å². The zero-order chi connectivity index (χ0) is 9.03. The molecule has 1 aliphatic rings. The third kappa shape index (κ3) is 1.49. The van der Waals surface area contributed by atoms with E-state index in [0.717, 1.165) is 0 Å². The molecular formula is C9H7ClN2. The summed E-state index contributed by atoms with van der Waals surface area (Å²) in [6.45, 7) is 0. The molecule has 2 nitrogen and oxygen atoms in total. The predicted molar refractivity (Wildman–Crippen MR) is 46.2 cm³/mol. The van der Waals surface area contributed by atoms with Gasteiger partial charge in [-0.25, -0.2) is 0 Å². The maximum atomic E-state index is 8.83. The van der Waals surface area contributed by atoms with E-state index in [1.165, 1.54) is 0 Å². The number of rotatable bonds is 1.